The van der Waals surface area contributed by atoms with Crippen LogP contribution in [0.25, 0.3) is 0 Å². The molecule has 0 N–H and O–H groups in total. The summed E-state index contributed by atoms with van der Waals surface area (Å²) in [6.07, 6.45) is 14.9. The molecule has 172 valence electrons. The first-order valence-electron chi connectivity index (χ1n) is 11.9. The number of carbonyl (C=O) groups is 2. The lowest BCUT2D eigenvalue weighted by molar-refractivity contribution is -0.145. The molecule has 5 nitrogen and oxygen atoms in total. The number of hydrogen-bond acceptors (Lipinski definition) is 5. The maximum absolute atomic E-state index is 11.7. The van der Waals surface area contributed by atoms with Gasteiger partial charge < -0.3 is 14.2 Å². The smallest absolute Gasteiger partial charge is 0.305 e. The summed E-state index contributed by atoms with van der Waals surface area (Å²) in [4.78, 5) is 23.4. The highest BCUT2D eigenvalue weighted by Crippen LogP contribution is 2.11. The Bertz CT molecular complexity index is 383. The Morgan fingerprint density at radius 1 is 0.655 bits per heavy atom. The molecule has 0 heterocycles. The Hall–Kier alpha value is -1.10. The van der Waals surface area contributed by atoms with Crippen molar-refractivity contribution in [2.75, 3.05) is 26.9 Å². The third-order valence-corrected chi connectivity index (χ3v) is 5.21. The predicted octanol–water partition coefficient (Wildman–Crippen LogP) is 6.23. The maximum atomic E-state index is 11.7. The van der Waals surface area contributed by atoms with Crippen LogP contribution < -0.4 is 0 Å². The summed E-state index contributed by atoms with van der Waals surface area (Å²) in [5.74, 6) is 0.381. The van der Waals surface area contributed by atoms with Gasteiger partial charge in [-0.05, 0) is 38.0 Å². The van der Waals surface area contributed by atoms with Gasteiger partial charge in [0.1, 0.15) is 0 Å². The zero-order chi connectivity index (χ0) is 21.6. The van der Waals surface area contributed by atoms with Gasteiger partial charge in [0.05, 0.1) is 13.2 Å². The predicted molar refractivity (Wildman–Crippen MR) is 118 cm³/mol. The summed E-state index contributed by atoms with van der Waals surface area (Å²) in [6, 6.07) is 0. The topological polar surface area (TPSA) is 61.8 Å². The van der Waals surface area contributed by atoms with Gasteiger partial charge in [-0.25, -0.2) is 0 Å². The van der Waals surface area contributed by atoms with E-state index in [9.17, 15) is 9.59 Å². The molecule has 0 rings (SSSR count). The zero-order valence-corrected chi connectivity index (χ0v) is 19.3. The summed E-state index contributed by atoms with van der Waals surface area (Å²) < 4.78 is 15.6. The van der Waals surface area contributed by atoms with E-state index < -0.39 is 0 Å². The first kappa shape index (κ1) is 27.9. The average molecular weight is 415 g/mol. The molecule has 1 unspecified atom stereocenters. The molecule has 29 heavy (non-hydrogen) atoms. The van der Waals surface area contributed by atoms with Crippen molar-refractivity contribution < 1.29 is 23.8 Å². The van der Waals surface area contributed by atoms with Gasteiger partial charge >= 0.3 is 11.9 Å². The number of ether oxygens (including phenoxy) is 3. The molecule has 0 aromatic rings. The maximum Gasteiger partial charge on any atom is 0.305 e. The molecule has 0 aliphatic rings. The van der Waals surface area contributed by atoms with Crippen LogP contribution in [0.4, 0.5) is 0 Å². The first-order valence-corrected chi connectivity index (χ1v) is 11.9. The molecule has 0 aromatic carbocycles. The lowest BCUT2D eigenvalue weighted by atomic mass is 10.1. The molecule has 0 radical (unpaired) electrons. The van der Waals surface area contributed by atoms with Gasteiger partial charge in [-0.2, -0.15) is 0 Å². The molecule has 0 aliphatic heterocycles. The van der Waals surface area contributed by atoms with Crippen LogP contribution in [-0.2, 0) is 23.8 Å². The number of unbranched alkanes of at least 4 members (excludes halogenated alkanes) is 9. The van der Waals surface area contributed by atoms with Crippen LogP contribution in [0, 0.1) is 5.92 Å². The van der Waals surface area contributed by atoms with Crippen LogP contribution >= 0.6 is 0 Å². The fourth-order valence-electron chi connectivity index (χ4n) is 3.12. The molecule has 0 bridgehead atoms. The minimum Gasteiger partial charge on any atom is -0.466 e. The molecule has 0 saturated heterocycles. The van der Waals surface area contributed by atoms with Crippen LogP contribution in [0.5, 0.6) is 0 Å². The molecule has 0 amide bonds. The van der Waals surface area contributed by atoms with E-state index in [2.05, 4.69) is 13.8 Å². The van der Waals surface area contributed by atoms with Gasteiger partial charge in [-0.1, -0.05) is 65.2 Å². The first-order chi connectivity index (χ1) is 14.1. The summed E-state index contributed by atoms with van der Waals surface area (Å²) in [5.41, 5.74) is 0. The van der Waals surface area contributed by atoms with Crippen molar-refractivity contribution in [1.82, 2.24) is 0 Å². The fraction of sp³-hybridized carbons (Fsp3) is 0.917. The second-order valence-electron chi connectivity index (χ2n) is 8.15. The van der Waals surface area contributed by atoms with E-state index in [0.29, 0.717) is 32.0 Å². The quantitative estimate of drug-likeness (QED) is 0.165. The van der Waals surface area contributed by atoms with Crippen LogP contribution in [-0.4, -0.2) is 38.9 Å². The lowest BCUT2D eigenvalue weighted by Gasteiger charge is -2.11. The highest BCUT2D eigenvalue weighted by atomic mass is 16.5. The van der Waals surface area contributed by atoms with E-state index in [-0.39, 0.29) is 11.9 Å². The van der Waals surface area contributed by atoms with Gasteiger partial charge in [-0.15, -0.1) is 0 Å². The molecule has 1 atom stereocenters. The molecule has 0 aliphatic carbocycles. The van der Waals surface area contributed by atoms with Crippen LogP contribution in [0.15, 0.2) is 0 Å². The van der Waals surface area contributed by atoms with Crippen molar-refractivity contribution in [2.45, 2.75) is 110 Å². The SMILES string of the molecule is CCCCCCCOC(=O)CCCCCCCCC(=O)OCCC(C)CCOC. The summed E-state index contributed by atoms with van der Waals surface area (Å²) in [6.45, 7) is 6.20. The largest absolute Gasteiger partial charge is 0.466 e. The van der Waals surface area contributed by atoms with Crippen molar-refractivity contribution in [2.24, 2.45) is 5.92 Å². The number of hydrogen-bond donors (Lipinski definition) is 0. The van der Waals surface area contributed by atoms with Crippen molar-refractivity contribution in [3.05, 3.63) is 0 Å². The van der Waals surface area contributed by atoms with Gasteiger partial charge in [0.15, 0.2) is 0 Å². The Labute approximate surface area is 179 Å². The van der Waals surface area contributed by atoms with Crippen LogP contribution in [0.1, 0.15) is 110 Å². The van der Waals surface area contributed by atoms with Gasteiger partial charge in [-0.3, -0.25) is 9.59 Å². The monoisotopic (exact) mass is 414 g/mol. The van der Waals surface area contributed by atoms with Crippen LogP contribution in [0.2, 0.25) is 0 Å². The third-order valence-electron chi connectivity index (χ3n) is 5.21. The summed E-state index contributed by atoms with van der Waals surface area (Å²) in [5, 5.41) is 0. The Balaban J connectivity index is 3.33. The van der Waals surface area contributed by atoms with E-state index in [4.69, 9.17) is 14.2 Å². The Morgan fingerprint density at radius 3 is 1.72 bits per heavy atom. The molecule has 0 saturated carbocycles. The normalized spacial score (nSPS) is 12.0. The summed E-state index contributed by atoms with van der Waals surface area (Å²) in [7, 11) is 1.71. The average Bonchev–Trinajstić information content (AvgIpc) is 2.71. The molecule has 0 spiro atoms. The van der Waals surface area contributed by atoms with Crippen molar-refractivity contribution in [1.29, 1.82) is 0 Å². The molecular formula is C24H46O5. The van der Waals surface area contributed by atoms with Gasteiger partial charge in [0, 0.05) is 26.6 Å². The van der Waals surface area contributed by atoms with E-state index in [1.54, 1.807) is 7.11 Å². The Morgan fingerprint density at radius 2 is 1.14 bits per heavy atom. The van der Waals surface area contributed by atoms with Gasteiger partial charge in [0.25, 0.3) is 0 Å². The van der Waals surface area contributed by atoms with Gasteiger partial charge in [0.2, 0.25) is 0 Å². The third kappa shape index (κ3) is 21.4. The highest BCUT2D eigenvalue weighted by molar-refractivity contribution is 5.69. The van der Waals surface area contributed by atoms with E-state index in [0.717, 1.165) is 70.8 Å². The Kier molecular flexibility index (Phi) is 20.8. The minimum atomic E-state index is -0.0821. The minimum absolute atomic E-state index is 0.0558. The van der Waals surface area contributed by atoms with E-state index in [1.807, 2.05) is 0 Å². The van der Waals surface area contributed by atoms with E-state index in [1.165, 1.54) is 19.3 Å². The number of rotatable bonds is 21. The van der Waals surface area contributed by atoms with Crippen molar-refractivity contribution >= 4 is 11.9 Å². The molecular weight excluding hydrogens is 368 g/mol. The lowest BCUT2D eigenvalue weighted by Crippen LogP contribution is -2.09. The van der Waals surface area contributed by atoms with E-state index >= 15 is 0 Å². The molecule has 0 aromatic heterocycles. The number of esters is 2. The summed E-state index contributed by atoms with van der Waals surface area (Å²) >= 11 is 0. The number of carbonyl (C=O) groups excluding carboxylic acids is 2. The van der Waals surface area contributed by atoms with Crippen molar-refractivity contribution in [3.63, 3.8) is 0 Å². The standard InChI is InChI=1S/C24H46O5/c1-4-5-6-11-14-19-28-23(25)15-12-9-7-8-10-13-16-24(26)29-21-18-22(2)17-20-27-3/h22H,4-21H2,1-3H3. The number of methoxy groups -OCH3 is 1. The molecule has 5 heteroatoms. The molecule has 0 fully saturated rings. The second kappa shape index (κ2) is 21.6. The fourth-order valence-corrected chi connectivity index (χ4v) is 3.12. The highest BCUT2D eigenvalue weighted by Gasteiger charge is 2.06. The van der Waals surface area contributed by atoms with Crippen LogP contribution in [0.3, 0.4) is 0 Å². The van der Waals surface area contributed by atoms with Crippen molar-refractivity contribution in [3.8, 4) is 0 Å². The second-order valence-corrected chi connectivity index (χ2v) is 8.15. The zero-order valence-electron chi connectivity index (χ0n) is 19.3.